The Kier molecular flexibility index (Phi) is 4.60. The van der Waals surface area contributed by atoms with E-state index in [1.807, 2.05) is 0 Å². The SMILES string of the molecule is O=C(NCC1CCCOC1)c1ccc(F)c(S)c1. The van der Waals surface area contributed by atoms with Crippen LogP contribution in [-0.2, 0) is 4.74 Å². The maximum absolute atomic E-state index is 13.0. The van der Waals surface area contributed by atoms with Gasteiger partial charge in [0.1, 0.15) is 5.82 Å². The van der Waals surface area contributed by atoms with Crippen LogP contribution in [0.2, 0.25) is 0 Å². The molecule has 0 aliphatic carbocycles. The van der Waals surface area contributed by atoms with Gasteiger partial charge in [-0.05, 0) is 37.0 Å². The van der Waals surface area contributed by atoms with E-state index in [-0.39, 0.29) is 10.8 Å². The first kappa shape index (κ1) is 13.4. The molecule has 1 aliphatic heterocycles. The summed E-state index contributed by atoms with van der Waals surface area (Å²) in [6.45, 7) is 2.10. The minimum Gasteiger partial charge on any atom is -0.381 e. The van der Waals surface area contributed by atoms with Crippen molar-refractivity contribution in [2.24, 2.45) is 5.92 Å². The number of benzene rings is 1. The number of halogens is 1. The lowest BCUT2D eigenvalue weighted by Crippen LogP contribution is -2.33. The molecule has 0 saturated carbocycles. The highest BCUT2D eigenvalue weighted by Crippen LogP contribution is 2.15. The number of amides is 1. The van der Waals surface area contributed by atoms with Crippen molar-refractivity contribution in [3.05, 3.63) is 29.6 Å². The van der Waals surface area contributed by atoms with Gasteiger partial charge in [-0.3, -0.25) is 4.79 Å². The fourth-order valence-electron chi connectivity index (χ4n) is 1.96. The predicted molar refractivity (Wildman–Crippen MR) is 69.5 cm³/mol. The van der Waals surface area contributed by atoms with Crippen molar-refractivity contribution < 1.29 is 13.9 Å². The number of hydrogen-bond donors (Lipinski definition) is 2. The van der Waals surface area contributed by atoms with Gasteiger partial charge in [0.15, 0.2) is 0 Å². The van der Waals surface area contributed by atoms with Crippen LogP contribution >= 0.6 is 12.6 Å². The van der Waals surface area contributed by atoms with Crippen molar-refractivity contribution in [1.29, 1.82) is 0 Å². The highest BCUT2D eigenvalue weighted by atomic mass is 32.1. The molecule has 1 amide bonds. The van der Waals surface area contributed by atoms with Crippen LogP contribution in [0, 0.1) is 11.7 Å². The zero-order valence-electron chi connectivity index (χ0n) is 9.99. The molecule has 1 aliphatic rings. The van der Waals surface area contributed by atoms with Crippen LogP contribution in [0.15, 0.2) is 23.1 Å². The summed E-state index contributed by atoms with van der Waals surface area (Å²) in [6.07, 6.45) is 2.11. The van der Waals surface area contributed by atoms with Crippen LogP contribution in [0.25, 0.3) is 0 Å². The molecule has 3 nitrogen and oxygen atoms in total. The zero-order valence-corrected chi connectivity index (χ0v) is 10.9. The van der Waals surface area contributed by atoms with Crippen LogP contribution < -0.4 is 5.32 Å². The van der Waals surface area contributed by atoms with E-state index < -0.39 is 5.82 Å². The quantitative estimate of drug-likeness (QED) is 0.826. The van der Waals surface area contributed by atoms with Crippen LogP contribution in [0.3, 0.4) is 0 Å². The van der Waals surface area contributed by atoms with E-state index in [1.165, 1.54) is 18.2 Å². The Balaban J connectivity index is 1.88. The maximum atomic E-state index is 13.0. The largest absolute Gasteiger partial charge is 0.381 e. The molecule has 0 spiro atoms. The Hall–Kier alpha value is -1.07. The summed E-state index contributed by atoms with van der Waals surface area (Å²) in [7, 11) is 0. The van der Waals surface area contributed by atoms with E-state index in [4.69, 9.17) is 4.74 Å². The lowest BCUT2D eigenvalue weighted by Gasteiger charge is -2.22. The fourth-order valence-corrected chi connectivity index (χ4v) is 2.18. The van der Waals surface area contributed by atoms with Gasteiger partial charge in [-0.2, -0.15) is 0 Å². The monoisotopic (exact) mass is 269 g/mol. The molecule has 1 heterocycles. The van der Waals surface area contributed by atoms with Crippen molar-refractivity contribution in [3.63, 3.8) is 0 Å². The topological polar surface area (TPSA) is 38.3 Å². The first-order chi connectivity index (χ1) is 8.66. The maximum Gasteiger partial charge on any atom is 0.251 e. The fraction of sp³-hybridized carbons (Fsp3) is 0.462. The zero-order chi connectivity index (χ0) is 13.0. The molecule has 1 saturated heterocycles. The van der Waals surface area contributed by atoms with Gasteiger partial charge in [0.2, 0.25) is 0 Å². The van der Waals surface area contributed by atoms with E-state index in [0.29, 0.717) is 24.6 Å². The highest BCUT2D eigenvalue weighted by Gasteiger charge is 2.15. The molecule has 0 radical (unpaired) electrons. The van der Waals surface area contributed by atoms with Gasteiger partial charge >= 0.3 is 0 Å². The Labute approximate surface area is 111 Å². The summed E-state index contributed by atoms with van der Waals surface area (Å²) in [5.74, 6) is -0.245. The number of nitrogens with one attached hydrogen (secondary N) is 1. The van der Waals surface area contributed by atoms with Gasteiger partial charge in [0.05, 0.1) is 6.61 Å². The summed E-state index contributed by atoms with van der Waals surface area (Å²) < 4.78 is 18.4. The van der Waals surface area contributed by atoms with E-state index >= 15 is 0 Å². The first-order valence-corrected chi connectivity index (χ1v) is 6.46. The molecule has 1 fully saturated rings. The van der Waals surface area contributed by atoms with Gasteiger partial charge in [-0.25, -0.2) is 4.39 Å². The van der Waals surface area contributed by atoms with Gasteiger partial charge in [0, 0.05) is 23.6 Å². The lowest BCUT2D eigenvalue weighted by atomic mass is 10.0. The van der Waals surface area contributed by atoms with E-state index in [0.717, 1.165) is 19.4 Å². The highest BCUT2D eigenvalue weighted by molar-refractivity contribution is 7.80. The van der Waals surface area contributed by atoms with Gasteiger partial charge in [-0.1, -0.05) is 0 Å². The average Bonchev–Trinajstić information content (AvgIpc) is 2.40. The molecule has 2 rings (SSSR count). The van der Waals surface area contributed by atoms with Crippen LogP contribution in [-0.4, -0.2) is 25.7 Å². The second kappa shape index (κ2) is 6.20. The number of rotatable bonds is 3. The number of carbonyl (C=O) groups excluding carboxylic acids is 1. The molecule has 0 aromatic heterocycles. The van der Waals surface area contributed by atoms with Gasteiger partial charge in [0.25, 0.3) is 5.91 Å². The third-order valence-electron chi connectivity index (χ3n) is 3.01. The molecule has 1 N–H and O–H groups in total. The van der Waals surface area contributed by atoms with Crippen molar-refractivity contribution in [3.8, 4) is 0 Å². The summed E-state index contributed by atoms with van der Waals surface area (Å²) >= 11 is 3.96. The standard InChI is InChI=1S/C13H16FNO2S/c14-11-4-3-10(6-12(11)18)13(16)15-7-9-2-1-5-17-8-9/h3-4,6,9,18H,1-2,5,7-8H2,(H,15,16). The molecule has 0 bridgehead atoms. The van der Waals surface area contributed by atoms with E-state index in [9.17, 15) is 9.18 Å². The minimum absolute atomic E-state index is 0.184. The Morgan fingerprint density at radius 3 is 3.06 bits per heavy atom. The number of carbonyl (C=O) groups is 1. The molecular weight excluding hydrogens is 253 g/mol. The lowest BCUT2D eigenvalue weighted by molar-refractivity contribution is 0.0536. The summed E-state index contributed by atoms with van der Waals surface area (Å²) in [6, 6.07) is 4.15. The minimum atomic E-state index is -0.421. The van der Waals surface area contributed by atoms with Crippen molar-refractivity contribution in [2.75, 3.05) is 19.8 Å². The normalized spacial score (nSPS) is 19.6. The Morgan fingerprint density at radius 2 is 2.39 bits per heavy atom. The Bertz CT molecular complexity index is 433. The molecule has 1 aromatic rings. The van der Waals surface area contributed by atoms with Crippen molar-refractivity contribution >= 4 is 18.5 Å². The van der Waals surface area contributed by atoms with Gasteiger partial charge < -0.3 is 10.1 Å². The second-order valence-corrected chi connectivity index (χ2v) is 4.94. The van der Waals surface area contributed by atoms with Gasteiger partial charge in [-0.15, -0.1) is 12.6 Å². The van der Waals surface area contributed by atoms with E-state index in [2.05, 4.69) is 17.9 Å². The molecule has 1 unspecified atom stereocenters. The number of thiol groups is 1. The number of ether oxygens (including phenoxy) is 1. The molecule has 18 heavy (non-hydrogen) atoms. The third-order valence-corrected chi connectivity index (χ3v) is 3.36. The summed E-state index contributed by atoms with van der Waals surface area (Å²) in [5, 5.41) is 2.84. The molecule has 5 heteroatoms. The summed E-state index contributed by atoms with van der Waals surface area (Å²) in [4.78, 5) is 12.0. The predicted octanol–water partition coefficient (Wildman–Crippen LogP) is 2.27. The average molecular weight is 269 g/mol. The molecule has 98 valence electrons. The summed E-state index contributed by atoms with van der Waals surface area (Å²) in [5.41, 5.74) is 0.429. The van der Waals surface area contributed by atoms with Crippen LogP contribution in [0.1, 0.15) is 23.2 Å². The smallest absolute Gasteiger partial charge is 0.251 e. The second-order valence-electron chi connectivity index (χ2n) is 4.46. The molecule has 1 atom stereocenters. The third kappa shape index (κ3) is 3.46. The Morgan fingerprint density at radius 1 is 1.56 bits per heavy atom. The first-order valence-electron chi connectivity index (χ1n) is 6.01. The van der Waals surface area contributed by atoms with Crippen molar-refractivity contribution in [1.82, 2.24) is 5.32 Å². The van der Waals surface area contributed by atoms with Crippen molar-refractivity contribution in [2.45, 2.75) is 17.7 Å². The van der Waals surface area contributed by atoms with E-state index in [1.54, 1.807) is 0 Å². The molecular formula is C13H16FNO2S. The number of hydrogen-bond acceptors (Lipinski definition) is 3. The van der Waals surface area contributed by atoms with Crippen LogP contribution in [0.5, 0.6) is 0 Å². The van der Waals surface area contributed by atoms with Crippen LogP contribution in [0.4, 0.5) is 4.39 Å². The molecule has 1 aromatic carbocycles.